The van der Waals surface area contributed by atoms with Gasteiger partial charge in [-0.2, -0.15) is 0 Å². The van der Waals surface area contributed by atoms with E-state index in [0.29, 0.717) is 54.6 Å². The first-order valence-corrected chi connectivity index (χ1v) is 12.8. The second kappa shape index (κ2) is 11.9. The van der Waals surface area contributed by atoms with Gasteiger partial charge in [-0.25, -0.2) is 17.5 Å². The Hall–Kier alpha value is -1.12. The quantitative estimate of drug-likeness (QED) is 0.415. The molecular weight excluding hydrogens is 453 g/mol. The summed E-state index contributed by atoms with van der Waals surface area (Å²) in [6, 6.07) is 11.0. The molecule has 1 N–H and O–H groups in total. The van der Waals surface area contributed by atoms with Crippen LogP contribution in [-0.4, -0.2) is 48.5 Å². The molecule has 9 heteroatoms. The van der Waals surface area contributed by atoms with E-state index in [1.807, 2.05) is 24.3 Å². The van der Waals surface area contributed by atoms with Gasteiger partial charge in [0.2, 0.25) is 10.0 Å². The third kappa shape index (κ3) is 8.26. The second-order valence-electron chi connectivity index (χ2n) is 6.67. The van der Waals surface area contributed by atoms with E-state index in [1.54, 1.807) is 12.1 Å². The number of carbonyl (C=O) groups is 1. The maximum absolute atomic E-state index is 12.7. The highest BCUT2D eigenvalue weighted by Gasteiger charge is 2.21. The Morgan fingerprint density at radius 3 is 2.41 bits per heavy atom. The number of alkyl halides is 1. The Labute approximate surface area is 186 Å². The lowest BCUT2D eigenvalue weighted by Gasteiger charge is -2.22. The molecule has 1 heterocycles. The van der Waals surface area contributed by atoms with Crippen molar-refractivity contribution in [2.75, 3.05) is 24.7 Å². The minimum absolute atomic E-state index is 0.0375. The van der Waals surface area contributed by atoms with E-state index in [-0.39, 0.29) is 5.75 Å². The number of rotatable bonds is 13. The Bertz CT molecular complexity index is 899. The van der Waals surface area contributed by atoms with Crippen LogP contribution in [0.4, 0.5) is 0 Å². The molecule has 0 spiro atoms. The van der Waals surface area contributed by atoms with Gasteiger partial charge >= 0.3 is 5.97 Å². The fraction of sp³-hybridized carbons (Fsp3) is 0.450. The van der Waals surface area contributed by atoms with Crippen molar-refractivity contribution in [2.24, 2.45) is 0 Å². The lowest BCUT2D eigenvalue weighted by molar-refractivity contribution is 0.0702. The van der Waals surface area contributed by atoms with Gasteiger partial charge in [0, 0.05) is 28.9 Å². The fourth-order valence-electron chi connectivity index (χ4n) is 2.96. The molecule has 160 valence electrons. The highest BCUT2D eigenvalue weighted by atomic mass is 35.5. The summed E-state index contributed by atoms with van der Waals surface area (Å²) in [6.07, 6.45) is 3.14. The summed E-state index contributed by atoms with van der Waals surface area (Å²) in [6.45, 7) is 0.836. The number of sulfonamides is 1. The first kappa shape index (κ1) is 24.2. The highest BCUT2D eigenvalue weighted by Crippen LogP contribution is 2.19. The van der Waals surface area contributed by atoms with Crippen LogP contribution in [0.5, 0.6) is 0 Å². The molecule has 0 saturated carbocycles. The Kier molecular flexibility index (Phi) is 9.92. The normalized spacial score (nSPS) is 11.8. The predicted octanol–water partition coefficient (Wildman–Crippen LogP) is 4.93. The zero-order valence-corrected chi connectivity index (χ0v) is 19.2. The van der Waals surface area contributed by atoms with Gasteiger partial charge in [0.25, 0.3) is 0 Å². The van der Waals surface area contributed by atoms with E-state index in [4.69, 9.17) is 28.3 Å². The van der Waals surface area contributed by atoms with Crippen LogP contribution in [0.25, 0.3) is 0 Å². The third-order valence-corrected chi connectivity index (χ3v) is 7.99. The molecule has 1 aromatic heterocycles. The van der Waals surface area contributed by atoms with Crippen molar-refractivity contribution in [3.8, 4) is 0 Å². The van der Waals surface area contributed by atoms with Gasteiger partial charge in [-0.1, -0.05) is 23.7 Å². The van der Waals surface area contributed by atoms with Gasteiger partial charge in [0.15, 0.2) is 0 Å². The van der Waals surface area contributed by atoms with Crippen molar-refractivity contribution >= 4 is 50.5 Å². The fourth-order valence-corrected chi connectivity index (χ4v) is 5.94. The average Bonchev–Trinajstić information content (AvgIpc) is 3.14. The maximum atomic E-state index is 12.7. The van der Waals surface area contributed by atoms with E-state index in [9.17, 15) is 13.2 Å². The first-order valence-electron chi connectivity index (χ1n) is 9.42. The summed E-state index contributed by atoms with van der Waals surface area (Å²) in [4.78, 5) is 12.2. The molecule has 0 aliphatic heterocycles. The summed E-state index contributed by atoms with van der Waals surface area (Å²) in [5.41, 5.74) is 1.08. The molecule has 0 radical (unpaired) electrons. The topological polar surface area (TPSA) is 74.7 Å². The van der Waals surface area contributed by atoms with E-state index in [1.165, 1.54) is 15.6 Å². The van der Waals surface area contributed by atoms with Crippen LogP contribution in [0.15, 0.2) is 36.4 Å². The van der Waals surface area contributed by atoms with Gasteiger partial charge in [-0.15, -0.1) is 22.9 Å². The van der Waals surface area contributed by atoms with Gasteiger partial charge in [0.1, 0.15) is 4.88 Å². The number of carboxylic acids is 1. The summed E-state index contributed by atoms with van der Waals surface area (Å²) in [5.74, 6) is -0.592. The zero-order chi connectivity index (χ0) is 21.3. The molecule has 0 aliphatic carbocycles. The van der Waals surface area contributed by atoms with Crippen molar-refractivity contribution in [2.45, 2.75) is 32.1 Å². The molecule has 29 heavy (non-hydrogen) atoms. The monoisotopic (exact) mass is 477 g/mol. The molecule has 0 saturated heterocycles. The van der Waals surface area contributed by atoms with E-state index in [2.05, 4.69) is 0 Å². The van der Waals surface area contributed by atoms with Crippen LogP contribution in [0, 0.1) is 0 Å². The van der Waals surface area contributed by atoms with Crippen molar-refractivity contribution < 1.29 is 18.3 Å². The van der Waals surface area contributed by atoms with Crippen LogP contribution >= 0.6 is 34.5 Å². The summed E-state index contributed by atoms with van der Waals surface area (Å²) in [5, 5.41) is 9.68. The van der Waals surface area contributed by atoms with E-state index >= 15 is 0 Å². The van der Waals surface area contributed by atoms with Crippen molar-refractivity contribution in [3.05, 3.63) is 56.7 Å². The second-order valence-corrected chi connectivity index (χ2v) is 10.7. The molecule has 0 aliphatic rings. The smallest absolute Gasteiger partial charge is 0.345 e. The third-order valence-electron chi connectivity index (χ3n) is 4.39. The zero-order valence-electron chi connectivity index (χ0n) is 16.0. The molecule has 0 amide bonds. The molecule has 2 aromatic rings. The number of hydrogen-bond donors (Lipinski definition) is 1. The summed E-state index contributed by atoms with van der Waals surface area (Å²) >= 11 is 12.9. The van der Waals surface area contributed by atoms with E-state index < -0.39 is 16.0 Å². The van der Waals surface area contributed by atoms with E-state index in [0.717, 1.165) is 16.9 Å². The van der Waals surface area contributed by atoms with Gasteiger partial charge in [0.05, 0.1) is 5.75 Å². The number of aromatic carboxylic acids is 1. The molecule has 1 aromatic carbocycles. The number of nitrogens with zero attached hydrogens (tertiary/aromatic N) is 1. The predicted molar refractivity (Wildman–Crippen MR) is 120 cm³/mol. The van der Waals surface area contributed by atoms with Gasteiger partial charge in [-0.3, -0.25) is 0 Å². The number of aryl methyl sites for hydroxylation is 2. The Morgan fingerprint density at radius 2 is 1.79 bits per heavy atom. The van der Waals surface area contributed by atoms with Crippen molar-refractivity contribution in [3.63, 3.8) is 0 Å². The number of carboxylic acid groups (broad SMARTS) is 1. The Balaban J connectivity index is 1.93. The largest absolute Gasteiger partial charge is 0.477 e. The number of hydrogen-bond acceptors (Lipinski definition) is 4. The molecule has 2 rings (SSSR count). The highest BCUT2D eigenvalue weighted by molar-refractivity contribution is 7.89. The van der Waals surface area contributed by atoms with Crippen LogP contribution in [0.2, 0.25) is 5.02 Å². The molecule has 5 nitrogen and oxygen atoms in total. The average molecular weight is 478 g/mol. The number of benzene rings is 1. The van der Waals surface area contributed by atoms with Crippen LogP contribution in [-0.2, 0) is 22.9 Å². The first-order chi connectivity index (χ1) is 13.8. The van der Waals surface area contributed by atoms with Gasteiger partial charge in [-0.05, 0) is 61.9 Å². The van der Waals surface area contributed by atoms with Crippen LogP contribution in [0.1, 0.15) is 39.4 Å². The molecule has 0 atom stereocenters. The van der Waals surface area contributed by atoms with Crippen LogP contribution in [0.3, 0.4) is 0 Å². The number of thiophene rings is 1. The summed E-state index contributed by atoms with van der Waals surface area (Å²) in [7, 11) is -3.38. The number of halogens is 2. The van der Waals surface area contributed by atoms with Gasteiger partial charge < -0.3 is 5.11 Å². The van der Waals surface area contributed by atoms with Crippen LogP contribution < -0.4 is 0 Å². The molecular formula is C20H25Cl2NO4S2. The summed E-state index contributed by atoms with van der Waals surface area (Å²) < 4.78 is 26.9. The minimum Gasteiger partial charge on any atom is -0.477 e. The molecule has 0 bridgehead atoms. The maximum Gasteiger partial charge on any atom is 0.345 e. The Morgan fingerprint density at radius 1 is 1.07 bits per heavy atom. The van der Waals surface area contributed by atoms with Crippen molar-refractivity contribution in [1.29, 1.82) is 0 Å². The lowest BCUT2D eigenvalue weighted by atomic mass is 10.1. The molecule has 0 unspecified atom stereocenters. The SMILES string of the molecule is O=C(O)c1ccc(CCCN(CCCc2cccc(Cl)c2)S(=O)(=O)CCCCl)s1. The standard InChI is InChI=1S/C20H25Cl2NO4S2/c21-11-4-14-29(26,27)23(12-2-6-16-5-1-7-17(22)15-16)13-3-8-18-9-10-19(28-18)20(24)25/h1,5,7,9-10,15H,2-4,6,8,11-14H2,(H,24,25). The van der Waals surface area contributed by atoms with Crippen molar-refractivity contribution in [1.82, 2.24) is 4.31 Å². The molecule has 0 fully saturated rings. The lowest BCUT2D eigenvalue weighted by Crippen LogP contribution is -2.35. The minimum atomic E-state index is -3.38.